The highest BCUT2D eigenvalue weighted by atomic mass is 16.2. The summed E-state index contributed by atoms with van der Waals surface area (Å²) in [7, 11) is 0. The van der Waals surface area contributed by atoms with Gasteiger partial charge in [0.2, 0.25) is 0 Å². The summed E-state index contributed by atoms with van der Waals surface area (Å²) in [6.07, 6.45) is 3.35. The van der Waals surface area contributed by atoms with Crippen LogP contribution in [0.2, 0.25) is 0 Å². The molecule has 1 aliphatic rings. The van der Waals surface area contributed by atoms with E-state index in [1.54, 1.807) is 54.3 Å². The number of rotatable bonds is 5. The predicted octanol–water partition coefficient (Wildman–Crippen LogP) is 2.17. The molecule has 4 rings (SSSR count). The number of hydrogen-bond acceptors (Lipinski definition) is 4. The maximum absolute atomic E-state index is 13.1. The highest BCUT2D eigenvalue weighted by Crippen LogP contribution is 2.27. The monoisotopic (exact) mass is 389 g/mol. The zero-order valence-corrected chi connectivity index (χ0v) is 15.6. The summed E-state index contributed by atoms with van der Waals surface area (Å²) in [6.45, 7) is 1.62. The average molecular weight is 389 g/mol. The molecule has 0 bridgehead atoms. The molecular weight excluding hydrogens is 370 g/mol. The number of carbonyl (C=O) groups excluding carboxylic acids is 3. The minimum Gasteiger partial charge on any atom is -0.324 e. The molecule has 0 radical (unpaired) electrons. The second kappa shape index (κ2) is 7.23. The lowest BCUT2D eigenvalue weighted by atomic mass is 9.92. The first-order valence-corrected chi connectivity index (χ1v) is 9.06. The lowest BCUT2D eigenvalue weighted by Gasteiger charge is -2.22. The summed E-state index contributed by atoms with van der Waals surface area (Å²) in [5, 5.41) is 12.0. The van der Waals surface area contributed by atoms with E-state index in [0.29, 0.717) is 11.3 Å². The van der Waals surface area contributed by atoms with Crippen molar-refractivity contribution in [1.82, 2.24) is 20.4 Å². The van der Waals surface area contributed by atoms with Crippen molar-refractivity contribution in [2.75, 3.05) is 5.32 Å². The van der Waals surface area contributed by atoms with E-state index in [0.717, 1.165) is 5.56 Å². The van der Waals surface area contributed by atoms with Crippen LogP contribution >= 0.6 is 0 Å². The van der Waals surface area contributed by atoms with Crippen LogP contribution in [-0.4, -0.2) is 27.6 Å². The van der Waals surface area contributed by atoms with Gasteiger partial charge in [-0.1, -0.05) is 42.5 Å². The van der Waals surface area contributed by atoms with Crippen molar-refractivity contribution in [2.45, 2.75) is 18.5 Å². The average Bonchev–Trinajstić information content (AvgIpc) is 3.31. The summed E-state index contributed by atoms with van der Waals surface area (Å²) in [5.41, 5.74) is 0.669. The molecular formula is C21H19N5O3. The van der Waals surface area contributed by atoms with E-state index in [1.807, 2.05) is 30.3 Å². The maximum Gasteiger partial charge on any atom is 0.322 e. The van der Waals surface area contributed by atoms with Crippen molar-refractivity contribution in [3.63, 3.8) is 0 Å². The van der Waals surface area contributed by atoms with Gasteiger partial charge in [0.25, 0.3) is 11.8 Å². The fourth-order valence-corrected chi connectivity index (χ4v) is 3.36. The van der Waals surface area contributed by atoms with Gasteiger partial charge in [0.05, 0.1) is 0 Å². The van der Waals surface area contributed by atoms with Crippen molar-refractivity contribution in [3.05, 3.63) is 84.2 Å². The van der Waals surface area contributed by atoms with Gasteiger partial charge >= 0.3 is 6.03 Å². The van der Waals surface area contributed by atoms with Crippen molar-refractivity contribution in [3.8, 4) is 0 Å². The van der Waals surface area contributed by atoms with Gasteiger partial charge < -0.3 is 10.6 Å². The Bertz CT molecular complexity index is 1060. The van der Waals surface area contributed by atoms with E-state index in [4.69, 9.17) is 0 Å². The van der Waals surface area contributed by atoms with Gasteiger partial charge in [-0.25, -0.2) is 4.79 Å². The summed E-state index contributed by atoms with van der Waals surface area (Å²) < 4.78 is 1.58. The number of imide groups is 1. The summed E-state index contributed by atoms with van der Waals surface area (Å²) in [4.78, 5) is 36.9. The largest absolute Gasteiger partial charge is 0.324 e. The SMILES string of the molecule is CC1(c2cccc(NC(=O)C(c3ccccc3)n3cccn3)c2)NC(=O)NC1=O. The molecule has 2 atom stereocenters. The van der Waals surface area contributed by atoms with Gasteiger partial charge in [-0.2, -0.15) is 5.10 Å². The number of benzene rings is 2. The predicted molar refractivity (Wildman–Crippen MR) is 106 cm³/mol. The molecule has 1 aromatic heterocycles. The molecule has 3 aromatic rings. The first-order chi connectivity index (χ1) is 14.0. The molecule has 0 aliphatic carbocycles. The minimum absolute atomic E-state index is 0.276. The molecule has 4 amide bonds. The Hall–Kier alpha value is -3.94. The summed E-state index contributed by atoms with van der Waals surface area (Å²) >= 11 is 0. The Kier molecular flexibility index (Phi) is 4.59. The number of hydrogen-bond donors (Lipinski definition) is 3. The first-order valence-electron chi connectivity index (χ1n) is 9.06. The van der Waals surface area contributed by atoms with E-state index in [2.05, 4.69) is 21.0 Å². The standard InChI is InChI=1S/C21H19N5O3/c1-21(19(28)24-20(29)25-21)15-9-5-10-16(13-15)23-18(27)17(26-12-6-11-22-26)14-7-3-2-4-8-14/h2-13,17H,1H3,(H,23,27)(H2,24,25,28,29). The van der Waals surface area contributed by atoms with Gasteiger partial charge in [-0.05, 0) is 36.2 Å². The third-order valence-corrected chi connectivity index (χ3v) is 4.91. The highest BCUT2D eigenvalue weighted by Gasteiger charge is 2.43. The summed E-state index contributed by atoms with van der Waals surface area (Å²) in [6, 6.07) is 16.7. The van der Waals surface area contributed by atoms with Gasteiger partial charge in [0.15, 0.2) is 6.04 Å². The first kappa shape index (κ1) is 18.4. The fraction of sp³-hybridized carbons (Fsp3) is 0.143. The van der Waals surface area contributed by atoms with Crippen LogP contribution in [0.5, 0.6) is 0 Å². The van der Waals surface area contributed by atoms with Gasteiger partial charge in [0.1, 0.15) is 5.54 Å². The Labute approximate surface area is 166 Å². The smallest absolute Gasteiger partial charge is 0.322 e. The van der Waals surface area contributed by atoms with Gasteiger partial charge in [-0.3, -0.25) is 19.6 Å². The topological polar surface area (TPSA) is 105 Å². The summed E-state index contributed by atoms with van der Waals surface area (Å²) in [5.74, 6) is -0.716. The number of nitrogens with one attached hydrogen (secondary N) is 3. The third kappa shape index (κ3) is 3.47. The van der Waals surface area contributed by atoms with Crippen molar-refractivity contribution >= 4 is 23.5 Å². The lowest BCUT2D eigenvalue weighted by Crippen LogP contribution is -2.40. The van der Waals surface area contributed by atoms with Crippen LogP contribution in [-0.2, 0) is 15.1 Å². The van der Waals surface area contributed by atoms with Gasteiger partial charge in [-0.15, -0.1) is 0 Å². The Morgan fingerprint density at radius 1 is 1.10 bits per heavy atom. The molecule has 2 aromatic carbocycles. The van der Waals surface area contributed by atoms with E-state index in [9.17, 15) is 14.4 Å². The van der Waals surface area contributed by atoms with Gasteiger partial charge in [0, 0.05) is 18.1 Å². The molecule has 2 heterocycles. The number of aromatic nitrogens is 2. The Balaban J connectivity index is 1.62. The van der Waals surface area contributed by atoms with Crippen LogP contribution < -0.4 is 16.0 Å². The molecule has 0 saturated carbocycles. The van der Waals surface area contributed by atoms with Crippen LogP contribution in [0.3, 0.4) is 0 Å². The number of carbonyl (C=O) groups is 3. The highest BCUT2D eigenvalue weighted by molar-refractivity contribution is 6.07. The molecule has 8 heteroatoms. The van der Waals surface area contributed by atoms with Crippen LogP contribution in [0.4, 0.5) is 10.5 Å². The number of amides is 4. The van der Waals surface area contributed by atoms with Crippen LogP contribution in [0.15, 0.2) is 73.1 Å². The minimum atomic E-state index is -1.20. The zero-order valence-electron chi connectivity index (χ0n) is 15.6. The number of urea groups is 1. The maximum atomic E-state index is 13.1. The van der Waals surface area contributed by atoms with E-state index in [1.165, 1.54) is 0 Å². The molecule has 146 valence electrons. The van der Waals surface area contributed by atoms with E-state index < -0.39 is 23.5 Å². The second-order valence-corrected chi connectivity index (χ2v) is 6.90. The fourth-order valence-electron chi connectivity index (χ4n) is 3.36. The van der Waals surface area contributed by atoms with Crippen molar-refractivity contribution < 1.29 is 14.4 Å². The van der Waals surface area contributed by atoms with Crippen LogP contribution in [0.1, 0.15) is 24.1 Å². The molecule has 1 fully saturated rings. The molecule has 8 nitrogen and oxygen atoms in total. The number of nitrogens with zero attached hydrogens (tertiary/aromatic N) is 2. The third-order valence-electron chi connectivity index (χ3n) is 4.91. The molecule has 3 N–H and O–H groups in total. The van der Waals surface area contributed by atoms with E-state index in [-0.39, 0.29) is 5.91 Å². The molecule has 0 spiro atoms. The molecule has 29 heavy (non-hydrogen) atoms. The van der Waals surface area contributed by atoms with Crippen molar-refractivity contribution in [2.24, 2.45) is 0 Å². The normalized spacial score (nSPS) is 19.3. The van der Waals surface area contributed by atoms with Crippen LogP contribution in [0.25, 0.3) is 0 Å². The molecule has 2 unspecified atom stereocenters. The van der Waals surface area contributed by atoms with E-state index >= 15 is 0 Å². The second-order valence-electron chi connectivity index (χ2n) is 6.90. The zero-order chi connectivity index (χ0) is 20.4. The Morgan fingerprint density at radius 3 is 2.55 bits per heavy atom. The molecule has 1 aliphatic heterocycles. The Morgan fingerprint density at radius 2 is 1.90 bits per heavy atom. The quantitative estimate of drug-likeness (QED) is 0.582. The lowest BCUT2D eigenvalue weighted by molar-refractivity contribution is -0.123. The van der Waals surface area contributed by atoms with Crippen molar-refractivity contribution in [1.29, 1.82) is 0 Å². The molecule has 1 saturated heterocycles. The van der Waals surface area contributed by atoms with Crippen LogP contribution in [0, 0.1) is 0 Å². The number of anilines is 1.